The molecule has 19 heteroatoms. The number of aliphatic hydroxyl groups is 2. The second-order valence-electron chi connectivity index (χ2n) is 20.7. The highest BCUT2D eigenvalue weighted by Crippen LogP contribution is 2.38. The third-order valence-corrected chi connectivity index (χ3v) is 15.9. The van der Waals surface area contributed by atoms with Crippen molar-refractivity contribution in [2.45, 2.75) is 180 Å². The Hall–Kier alpha value is -3.62. The first-order chi connectivity index (χ1) is 33.8. The van der Waals surface area contributed by atoms with Gasteiger partial charge in [0.15, 0.2) is 11.5 Å². The molecule has 1 amide bonds. The van der Waals surface area contributed by atoms with Crippen LogP contribution >= 0.6 is 10.7 Å². The maximum Gasteiger partial charge on any atom is 0.329 e. The normalized spacial score (nSPS) is 37.8. The molecule has 0 spiro atoms. The van der Waals surface area contributed by atoms with Gasteiger partial charge in [-0.2, -0.15) is 0 Å². The van der Waals surface area contributed by atoms with Crippen molar-refractivity contribution in [3.05, 3.63) is 47.6 Å². The van der Waals surface area contributed by atoms with Crippen LogP contribution in [0.4, 0.5) is 0 Å². The van der Waals surface area contributed by atoms with Crippen LogP contribution in [-0.4, -0.2) is 147 Å². The van der Waals surface area contributed by atoms with Gasteiger partial charge in [0.2, 0.25) is 14.8 Å². The summed E-state index contributed by atoms with van der Waals surface area (Å²) < 4.78 is 58.0. The van der Waals surface area contributed by atoms with E-state index in [1.165, 1.54) is 14.2 Å². The standard InChI is InChI=1S/C53H80ClNO16S/c1-31-16-12-11-13-17-32(2)43(66-8)28-39-21-19-37(7)53(63,71-39)50(60)51(61)55-23-15-14-18-40(55)52(62)70-44(29-41(56)33(3)25-36(6)48(59)49(68-10)47(58)35(5)24-31)34(4)26-38-20-22-42(45(27-38)67-9)69-46(57)30-72(54,64)65/h11-13,16-17,25,31,33-35,37-40,42-45,48-49,59,63H,14-15,18-24,26-30H2,1-10H3/b13-11+,16-12+,32-17+,36-25+/t31-,33-,34-,35-,37-,38+,39+,40+,42-,43+,44+,45-,48-,49+,53-/m1/s1. The Labute approximate surface area is 430 Å². The molecule has 72 heavy (non-hydrogen) atoms. The predicted molar refractivity (Wildman–Crippen MR) is 269 cm³/mol. The minimum atomic E-state index is -4.14. The van der Waals surface area contributed by atoms with Gasteiger partial charge in [0.05, 0.1) is 18.3 Å². The van der Waals surface area contributed by atoms with Crippen molar-refractivity contribution < 1.29 is 75.8 Å². The third kappa shape index (κ3) is 17.0. The van der Waals surface area contributed by atoms with Crippen LogP contribution in [0.2, 0.25) is 0 Å². The maximum atomic E-state index is 14.5. The monoisotopic (exact) mass is 1050 g/mol. The van der Waals surface area contributed by atoms with Crippen molar-refractivity contribution in [3.63, 3.8) is 0 Å². The van der Waals surface area contributed by atoms with Gasteiger partial charge in [-0.15, -0.1) is 0 Å². The zero-order chi connectivity index (χ0) is 53.7. The Balaban J connectivity index is 1.69. The van der Waals surface area contributed by atoms with Gasteiger partial charge in [-0.05, 0) is 107 Å². The highest BCUT2D eigenvalue weighted by atomic mass is 35.7. The SMILES string of the molecule is CO[C@H]1C[C@@H]2CC[C@@H](C)[C@@](O)(O2)C(=O)C(=O)N2CCCC[C@H]2C(=O)O[C@H]([C@H](C)C[C@@H]2CC[C@@H](OC(=O)CS(=O)(=O)Cl)[C@H](OC)C2)CC(=O)[C@H](C)/C=C(\C)[C@@H](O)[C@@H](OC)C(=O)[C@H](C)C[C@H](C)/C=C/C=C/C=C/1C. The van der Waals surface area contributed by atoms with Gasteiger partial charge in [-0.3, -0.25) is 24.0 Å². The van der Waals surface area contributed by atoms with Crippen molar-refractivity contribution in [2.75, 3.05) is 33.6 Å². The largest absolute Gasteiger partial charge is 0.460 e. The fraction of sp³-hybridized carbons (Fsp3) is 0.736. The Morgan fingerprint density at radius 3 is 2.25 bits per heavy atom. The number of fused-ring (bicyclic) bond motifs is 3. The van der Waals surface area contributed by atoms with E-state index in [1.807, 2.05) is 51.2 Å². The lowest BCUT2D eigenvalue weighted by atomic mass is 9.78. The second-order valence-corrected chi connectivity index (χ2v) is 23.5. The molecule has 0 radical (unpaired) electrons. The number of Topliss-reactive ketones (excluding diaryl/α,β-unsaturated/α-hetero) is 3. The number of nitrogens with zero attached hydrogens (tertiary/aromatic N) is 1. The highest BCUT2D eigenvalue weighted by Gasteiger charge is 2.53. The number of halogens is 1. The number of ether oxygens (including phenoxy) is 6. The Morgan fingerprint density at radius 2 is 1.60 bits per heavy atom. The van der Waals surface area contributed by atoms with E-state index >= 15 is 0 Å². The van der Waals surface area contributed by atoms with Gasteiger partial charge in [0.25, 0.3) is 11.7 Å². The van der Waals surface area contributed by atoms with Crippen molar-refractivity contribution in [3.8, 4) is 0 Å². The van der Waals surface area contributed by atoms with Gasteiger partial charge < -0.3 is 43.5 Å². The summed E-state index contributed by atoms with van der Waals surface area (Å²) in [6.45, 7) is 12.4. The van der Waals surface area contributed by atoms with Crippen LogP contribution in [0.15, 0.2) is 47.6 Å². The van der Waals surface area contributed by atoms with Crippen molar-refractivity contribution in [1.82, 2.24) is 4.90 Å². The molecular weight excluding hydrogens is 974 g/mol. The van der Waals surface area contributed by atoms with E-state index in [4.69, 9.17) is 39.1 Å². The fourth-order valence-electron chi connectivity index (χ4n) is 10.6. The molecule has 2 bridgehead atoms. The summed E-state index contributed by atoms with van der Waals surface area (Å²) >= 11 is 0. The molecule has 3 fully saturated rings. The van der Waals surface area contributed by atoms with E-state index in [2.05, 4.69) is 0 Å². The number of aliphatic hydroxyl groups excluding tert-OH is 1. The van der Waals surface area contributed by atoms with Crippen molar-refractivity contribution >= 4 is 54.9 Å². The first-order valence-electron chi connectivity index (χ1n) is 25.4. The number of allylic oxidation sites excluding steroid dienone is 6. The molecule has 0 aromatic rings. The van der Waals surface area contributed by atoms with Crippen LogP contribution in [0.5, 0.6) is 0 Å². The summed E-state index contributed by atoms with van der Waals surface area (Å²) in [6.07, 6.45) is 9.18. The maximum absolute atomic E-state index is 14.5. The molecule has 17 nitrogen and oxygen atoms in total. The summed E-state index contributed by atoms with van der Waals surface area (Å²) in [4.78, 5) is 84.6. The zero-order valence-electron chi connectivity index (χ0n) is 43.8. The summed E-state index contributed by atoms with van der Waals surface area (Å²) in [5, 5.41) is 23.5. The van der Waals surface area contributed by atoms with Gasteiger partial charge in [-0.1, -0.05) is 71.1 Å². The highest BCUT2D eigenvalue weighted by molar-refractivity contribution is 8.14. The van der Waals surface area contributed by atoms with E-state index in [-0.39, 0.29) is 49.2 Å². The number of hydrogen-bond donors (Lipinski definition) is 2. The average Bonchev–Trinajstić information content (AvgIpc) is 3.32. The lowest BCUT2D eigenvalue weighted by Gasteiger charge is -2.42. The molecule has 0 unspecified atom stereocenters. The molecule has 1 saturated carbocycles. The first kappa shape index (κ1) is 60.9. The summed E-state index contributed by atoms with van der Waals surface area (Å²) in [7, 11) is 5.49. The number of cyclic esters (lactones) is 1. The van der Waals surface area contributed by atoms with E-state index < -0.39 is 117 Å². The number of hydrogen-bond acceptors (Lipinski definition) is 16. The smallest absolute Gasteiger partial charge is 0.329 e. The number of carbonyl (C=O) groups is 6. The molecular formula is C53H80ClNO16S. The number of amides is 1. The zero-order valence-corrected chi connectivity index (χ0v) is 45.4. The number of esters is 2. The minimum Gasteiger partial charge on any atom is -0.460 e. The molecule has 4 rings (SSSR count). The van der Waals surface area contributed by atoms with E-state index in [9.17, 15) is 47.4 Å². The van der Waals surface area contributed by atoms with E-state index in [0.29, 0.717) is 63.4 Å². The summed E-state index contributed by atoms with van der Waals surface area (Å²) in [5.74, 6) is -10.8. The van der Waals surface area contributed by atoms with Gasteiger partial charge in [-0.25, -0.2) is 13.2 Å². The molecule has 1 aliphatic carbocycles. The Kier molecular flexibility index (Phi) is 23.5. The Bertz CT molecular complexity index is 2140. The van der Waals surface area contributed by atoms with Crippen molar-refractivity contribution in [1.29, 1.82) is 0 Å². The molecule has 0 aromatic heterocycles. The quantitative estimate of drug-likeness (QED) is 0.112. The molecule has 3 heterocycles. The number of piperidine rings is 1. The third-order valence-electron chi connectivity index (χ3n) is 15.0. The van der Waals surface area contributed by atoms with Crippen LogP contribution in [0, 0.1) is 35.5 Å². The average molecular weight is 1050 g/mol. The van der Waals surface area contributed by atoms with Gasteiger partial charge >= 0.3 is 11.9 Å². The van der Waals surface area contributed by atoms with E-state index in [1.54, 1.807) is 40.9 Å². The van der Waals surface area contributed by atoms with Crippen molar-refractivity contribution in [2.24, 2.45) is 35.5 Å². The van der Waals surface area contributed by atoms with Crippen LogP contribution in [0.3, 0.4) is 0 Å². The minimum absolute atomic E-state index is 0.0136. The Morgan fingerprint density at radius 1 is 0.889 bits per heavy atom. The van der Waals surface area contributed by atoms with Crippen LogP contribution in [0.25, 0.3) is 0 Å². The topological polar surface area (TPSA) is 236 Å². The van der Waals surface area contributed by atoms with Crippen LogP contribution < -0.4 is 0 Å². The summed E-state index contributed by atoms with van der Waals surface area (Å²) in [5.41, 5.74) is 1.19. The number of carbonyl (C=O) groups excluding carboxylic acids is 6. The molecule has 2 N–H and O–H groups in total. The molecule has 3 aliphatic heterocycles. The fourth-order valence-corrected chi connectivity index (χ4v) is 11.2. The predicted octanol–water partition coefficient (Wildman–Crippen LogP) is 6.30. The van der Waals surface area contributed by atoms with Gasteiger partial charge in [0, 0.05) is 69.2 Å². The molecule has 2 saturated heterocycles. The lowest BCUT2D eigenvalue weighted by Crippen LogP contribution is -2.61. The first-order valence-corrected chi connectivity index (χ1v) is 27.9. The van der Waals surface area contributed by atoms with Crippen LogP contribution in [-0.2, 0) is 66.2 Å². The van der Waals surface area contributed by atoms with E-state index in [0.717, 1.165) is 10.5 Å². The second kappa shape index (κ2) is 27.8. The number of ketones is 3. The molecule has 4 aliphatic rings. The summed E-state index contributed by atoms with van der Waals surface area (Å²) in [6, 6.07) is -1.22. The number of rotatable bonds is 9. The van der Waals surface area contributed by atoms with Crippen LogP contribution in [0.1, 0.15) is 126 Å². The number of methoxy groups -OCH3 is 3. The molecule has 406 valence electrons. The molecule has 0 aromatic carbocycles. The molecule has 15 atom stereocenters. The lowest BCUT2D eigenvalue weighted by molar-refractivity contribution is -0.265. The van der Waals surface area contributed by atoms with Gasteiger partial charge in [0.1, 0.15) is 36.2 Å².